The molecule has 20 heavy (non-hydrogen) atoms. The number of hydrogen-bond donors (Lipinski definition) is 2. The summed E-state index contributed by atoms with van der Waals surface area (Å²) in [6.07, 6.45) is 2.79. The van der Waals surface area contributed by atoms with Crippen molar-refractivity contribution in [1.29, 1.82) is 0 Å². The molecular weight excluding hydrogens is 248 g/mol. The Balaban J connectivity index is 1.78. The summed E-state index contributed by atoms with van der Waals surface area (Å²) in [5.74, 6) is 0. The smallest absolute Gasteiger partial charge is 0.0906 e. The maximum absolute atomic E-state index is 9.10. The first-order chi connectivity index (χ1) is 9.86. The van der Waals surface area contributed by atoms with E-state index in [4.69, 9.17) is 5.21 Å². The third-order valence-corrected chi connectivity index (χ3v) is 3.74. The van der Waals surface area contributed by atoms with E-state index < -0.39 is 0 Å². The van der Waals surface area contributed by atoms with Crippen LogP contribution in [0, 0.1) is 0 Å². The zero-order valence-electron chi connectivity index (χ0n) is 11.3. The quantitative estimate of drug-likeness (QED) is 0.660. The Morgan fingerprint density at radius 2 is 1.80 bits per heavy atom. The summed E-state index contributed by atoms with van der Waals surface area (Å²) in [6.45, 7) is 0.829. The van der Waals surface area contributed by atoms with Gasteiger partial charge < -0.3 is 10.5 Å². The van der Waals surface area contributed by atoms with Gasteiger partial charge in [0.15, 0.2) is 0 Å². The van der Waals surface area contributed by atoms with Crippen molar-refractivity contribution in [3.8, 4) is 0 Å². The topological polar surface area (TPSA) is 44.6 Å². The summed E-state index contributed by atoms with van der Waals surface area (Å²) >= 11 is 0. The zero-order chi connectivity index (χ0) is 13.8. The molecule has 1 aliphatic rings. The molecule has 0 unspecified atom stereocenters. The Morgan fingerprint density at radius 1 is 1.00 bits per heavy atom. The van der Waals surface area contributed by atoms with Gasteiger partial charge in [0.25, 0.3) is 0 Å². The second kappa shape index (κ2) is 5.78. The van der Waals surface area contributed by atoms with Crippen LogP contribution in [0.2, 0.25) is 0 Å². The van der Waals surface area contributed by atoms with Crippen molar-refractivity contribution >= 4 is 11.4 Å². The highest BCUT2D eigenvalue weighted by Crippen LogP contribution is 2.24. The van der Waals surface area contributed by atoms with Gasteiger partial charge in [-0.3, -0.25) is 0 Å². The van der Waals surface area contributed by atoms with E-state index in [2.05, 4.69) is 52.9 Å². The van der Waals surface area contributed by atoms with Gasteiger partial charge in [-0.2, -0.15) is 0 Å². The molecule has 3 rings (SSSR count). The van der Waals surface area contributed by atoms with Crippen molar-refractivity contribution in [2.24, 2.45) is 5.16 Å². The molecule has 2 N–H and O–H groups in total. The fourth-order valence-electron chi connectivity index (χ4n) is 2.63. The maximum atomic E-state index is 9.10. The predicted molar refractivity (Wildman–Crippen MR) is 81.7 cm³/mol. The van der Waals surface area contributed by atoms with Gasteiger partial charge in [-0.15, -0.1) is 0 Å². The number of oxime groups is 1. The highest BCUT2D eigenvalue weighted by molar-refractivity contribution is 6.06. The molecule has 2 aromatic carbocycles. The highest BCUT2D eigenvalue weighted by atomic mass is 16.4. The fourth-order valence-corrected chi connectivity index (χ4v) is 2.63. The number of fused-ring (bicyclic) bond motifs is 1. The molecule has 102 valence electrons. The molecule has 0 spiro atoms. The van der Waals surface area contributed by atoms with E-state index in [0.29, 0.717) is 0 Å². The van der Waals surface area contributed by atoms with Crippen molar-refractivity contribution in [3.05, 3.63) is 65.2 Å². The van der Waals surface area contributed by atoms with Crippen LogP contribution in [0.5, 0.6) is 0 Å². The summed E-state index contributed by atoms with van der Waals surface area (Å²) in [4.78, 5) is 0. The van der Waals surface area contributed by atoms with Gasteiger partial charge in [0.05, 0.1) is 5.71 Å². The first kappa shape index (κ1) is 12.7. The second-order valence-corrected chi connectivity index (χ2v) is 5.09. The number of anilines is 1. The minimum atomic E-state index is 0.769. The van der Waals surface area contributed by atoms with Gasteiger partial charge in [-0.1, -0.05) is 41.6 Å². The number of benzene rings is 2. The first-order valence-electron chi connectivity index (χ1n) is 6.99. The van der Waals surface area contributed by atoms with Gasteiger partial charge in [-0.05, 0) is 36.1 Å². The molecule has 1 aliphatic heterocycles. The molecule has 1 heterocycles. The molecule has 3 heteroatoms. The Kier molecular flexibility index (Phi) is 3.68. The van der Waals surface area contributed by atoms with Crippen molar-refractivity contribution in [1.82, 2.24) is 0 Å². The average molecular weight is 266 g/mol. The van der Waals surface area contributed by atoms with E-state index in [1.807, 2.05) is 6.07 Å². The van der Waals surface area contributed by atoms with Crippen LogP contribution in [-0.4, -0.2) is 17.5 Å². The third-order valence-electron chi connectivity index (χ3n) is 3.74. The third kappa shape index (κ3) is 2.67. The predicted octanol–water partition coefficient (Wildman–Crippen LogP) is 3.47. The van der Waals surface area contributed by atoms with Crippen LogP contribution in [0.25, 0.3) is 0 Å². The lowest BCUT2D eigenvalue weighted by atomic mass is 9.96. The van der Waals surface area contributed by atoms with E-state index in [1.165, 1.54) is 11.1 Å². The Hall–Kier alpha value is -2.29. The minimum Gasteiger partial charge on any atom is -0.411 e. The SMILES string of the molecule is O/N=C1\CCNc2ccc(CCc3ccccc3)cc21. The average Bonchev–Trinajstić information content (AvgIpc) is 2.53. The molecule has 0 aromatic heterocycles. The fraction of sp³-hybridized carbons (Fsp3) is 0.235. The standard InChI is InChI=1S/C17H18N2O/c20-19-17-10-11-18-16-9-8-14(12-15(16)17)7-6-13-4-2-1-3-5-13/h1-5,8-9,12,18,20H,6-7,10-11H2/b19-17+. The molecule has 0 amide bonds. The van der Waals surface area contributed by atoms with E-state index >= 15 is 0 Å². The number of nitrogens with zero attached hydrogens (tertiary/aromatic N) is 1. The molecular formula is C17H18N2O. The monoisotopic (exact) mass is 266 g/mol. The molecule has 0 saturated carbocycles. The summed E-state index contributed by atoms with van der Waals surface area (Å²) in [6, 6.07) is 16.9. The summed E-state index contributed by atoms with van der Waals surface area (Å²) in [5, 5.41) is 15.9. The second-order valence-electron chi connectivity index (χ2n) is 5.09. The van der Waals surface area contributed by atoms with Crippen LogP contribution in [0.4, 0.5) is 5.69 Å². The lowest BCUT2D eigenvalue weighted by Gasteiger charge is -2.19. The number of nitrogens with one attached hydrogen (secondary N) is 1. The summed E-state index contributed by atoms with van der Waals surface area (Å²) in [5.41, 5.74) is 5.49. The number of aryl methyl sites for hydroxylation is 2. The molecule has 0 fully saturated rings. The number of rotatable bonds is 3. The van der Waals surface area contributed by atoms with Crippen LogP contribution in [-0.2, 0) is 12.8 Å². The van der Waals surface area contributed by atoms with Gasteiger partial charge in [-0.25, -0.2) is 0 Å². The summed E-state index contributed by atoms with van der Waals surface area (Å²) in [7, 11) is 0. The van der Waals surface area contributed by atoms with Gasteiger partial charge in [0.1, 0.15) is 0 Å². The molecule has 3 nitrogen and oxygen atoms in total. The molecule has 0 saturated heterocycles. The van der Waals surface area contributed by atoms with Gasteiger partial charge in [0, 0.05) is 24.2 Å². The van der Waals surface area contributed by atoms with Crippen LogP contribution >= 0.6 is 0 Å². The summed E-state index contributed by atoms with van der Waals surface area (Å²) < 4.78 is 0. The first-order valence-corrected chi connectivity index (χ1v) is 6.99. The molecule has 0 bridgehead atoms. The lowest BCUT2D eigenvalue weighted by molar-refractivity contribution is 0.318. The van der Waals surface area contributed by atoms with E-state index in [-0.39, 0.29) is 0 Å². The van der Waals surface area contributed by atoms with Crippen molar-refractivity contribution in [3.63, 3.8) is 0 Å². The molecule has 2 aromatic rings. The Morgan fingerprint density at radius 3 is 2.60 bits per heavy atom. The lowest BCUT2D eigenvalue weighted by Crippen LogP contribution is -2.19. The van der Waals surface area contributed by atoms with E-state index in [0.717, 1.165) is 42.8 Å². The largest absolute Gasteiger partial charge is 0.411 e. The Labute approximate surface area is 119 Å². The Bertz CT molecular complexity index is 620. The molecule has 0 radical (unpaired) electrons. The molecule has 0 atom stereocenters. The van der Waals surface area contributed by atoms with Crippen LogP contribution in [0.15, 0.2) is 53.7 Å². The van der Waals surface area contributed by atoms with Gasteiger partial charge >= 0.3 is 0 Å². The van der Waals surface area contributed by atoms with E-state index in [1.54, 1.807) is 0 Å². The normalized spacial score (nSPS) is 15.7. The van der Waals surface area contributed by atoms with Crippen LogP contribution in [0.3, 0.4) is 0 Å². The zero-order valence-corrected chi connectivity index (χ0v) is 11.3. The highest BCUT2D eigenvalue weighted by Gasteiger charge is 2.15. The molecule has 0 aliphatic carbocycles. The van der Waals surface area contributed by atoms with Gasteiger partial charge in [0.2, 0.25) is 0 Å². The maximum Gasteiger partial charge on any atom is 0.0906 e. The van der Waals surface area contributed by atoms with Crippen molar-refractivity contribution in [2.45, 2.75) is 19.3 Å². The van der Waals surface area contributed by atoms with E-state index in [9.17, 15) is 0 Å². The number of hydrogen-bond acceptors (Lipinski definition) is 3. The van der Waals surface area contributed by atoms with Crippen LogP contribution in [0.1, 0.15) is 23.1 Å². The van der Waals surface area contributed by atoms with Crippen LogP contribution < -0.4 is 5.32 Å². The van der Waals surface area contributed by atoms with Crippen molar-refractivity contribution in [2.75, 3.05) is 11.9 Å². The minimum absolute atomic E-state index is 0.769. The van der Waals surface area contributed by atoms with Crippen molar-refractivity contribution < 1.29 is 5.21 Å².